The van der Waals surface area contributed by atoms with Crippen LogP contribution in [0.2, 0.25) is 0 Å². The van der Waals surface area contributed by atoms with E-state index in [9.17, 15) is 19.2 Å². The largest absolute Gasteiger partial charge is 0.453 e. The van der Waals surface area contributed by atoms with Crippen molar-refractivity contribution in [1.29, 1.82) is 0 Å². The number of rotatable bonds is 10. The summed E-state index contributed by atoms with van der Waals surface area (Å²) in [6.45, 7) is 10.3. The molecule has 2 bridgehead atoms. The molecular weight excluding hydrogens is 851 g/mol. The van der Waals surface area contributed by atoms with E-state index < -0.39 is 24.3 Å². The van der Waals surface area contributed by atoms with Crippen molar-refractivity contribution < 1.29 is 38.1 Å². The summed E-state index contributed by atoms with van der Waals surface area (Å²) < 4.78 is 21.9. The number of carbonyl (C=O) groups is 4. The summed E-state index contributed by atoms with van der Waals surface area (Å²) in [5.74, 6) is 10.2. The molecule has 4 aliphatic heterocycles. The number of ether oxygens (including phenoxy) is 4. The fourth-order valence-electron chi connectivity index (χ4n) is 13.6. The fraction of sp³-hybridized carbons (Fsp3) is 0.577. The van der Waals surface area contributed by atoms with Crippen LogP contribution in [0.1, 0.15) is 102 Å². The van der Waals surface area contributed by atoms with E-state index in [1.807, 2.05) is 51.1 Å². The summed E-state index contributed by atoms with van der Waals surface area (Å²) in [5, 5.41) is 7.93. The van der Waals surface area contributed by atoms with Gasteiger partial charge in [-0.25, -0.2) is 19.6 Å². The lowest BCUT2D eigenvalue weighted by Crippen LogP contribution is -2.54. The van der Waals surface area contributed by atoms with Crippen LogP contribution in [0.25, 0.3) is 22.0 Å². The normalized spacial score (nSPS) is 36.1. The highest BCUT2D eigenvalue weighted by atomic mass is 16.5. The number of hydrogen-bond acceptors (Lipinski definition) is 10. The quantitative estimate of drug-likeness (QED) is 0.122. The number of fused-ring (bicyclic) bond motifs is 3. The average Bonchev–Trinajstić information content (AvgIpc) is 3.97. The highest BCUT2D eigenvalue weighted by Crippen LogP contribution is 2.81. The summed E-state index contributed by atoms with van der Waals surface area (Å²) in [6.07, 6.45) is 6.15. The van der Waals surface area contributed by atoms with E-state index in [2.05, 4.69) is 69.7 Å². The van der Waals surface area contributed by atoms with Gasteiger partial charge >= 0.3 is 12.2 Å². The third-order valence-corrected chi connectivity index (χ3v) is 16.6. The van der Waals surface area contributed by atoms with Crippen molar-refractivity contribution in [3.63, 3.8) is 0 Å². The van der Waals surface area contributed by atoms with Crippen LogP contribution in [0.15, 0.2) is 48.8 Å². The van der Waals surface area contributed by atoms with E-state index >= 15 is 0 Å². The molecule has 6 heterocycles. The Morgan fingerprint density at radius 1 is 0.716 bits per heavy atom. The van der Waals surface area contributed by atoms with Gasteiger partial charge in [0, 0.05) is 41.4 Å². The van der Waals surface area contributed by atoms with Gasteiger partial charge in [0.05, 0.1) is 56.4 Å². The molecule has 12 rings (SSSR count). The zero-order valence-corrected chi connectivity index (χ0v) is 39.2. The molecule has 2 aromatic carbocycles. The van der Waals surface area contributed by atoms with Gasteiger partial charge in [-0.1, -0.05) is 31.0 Å². The highest BCUT2D eigenvalue weighted by Gasteiger charge is 2.86. The molecule has 67 heavy (non-hydrogen) atoms. The first kappa shape index (κ1) is 43.8. The molecule has 0 spiro atoms. The van der Waals surface area contributed by atoms with Gasteiger partial charge in [0.25, 0.3) is 0 Å². The first-order valence-electron chi connectivity index (χ1n) is 24.3. The van der Waals surface area contributed by atoms with Gasteiger partial charge < -0.3 is 44.4 Å². The van der Waals surface area contributed by atoms with Gasteiger partial charge in [-0.2, -0.15) is 0 Å². The number of methoxy groups -OCH3 is 2. The number of imidazole rings is 2. The zero-order valence-electron chi connectivity index (χ0n) is 39.2. The van der Waals surface area contributed by atoms with Gasteiger partial charge in [-0.15, -0.1) is 0 Å². The molecule has 8 fully saturated rings. The van der Waals surface area contributed by atoms with Gasteiger partial charge in [0.2, 0.25) is 5.91 Å². The number of alkyl carbamates (subject to hydrolysis) is 2. The molecule has 4 saturated heterocycles. The lowest BCUT2D eigenvalue weighted by molar-refractivity contribution is -0.139. The number of amides is 3. The Balaban J connectivity index is 0.780. The molecule has 3 amide bonds. The van der Waals surface area contributed by atoms with Gasteiger partial charge in [0.15, 0.2) is 5.78 Å². The van der Waals surface area contributed by atoms with E-state index in [1.165, 1.54) is 14.2 Å². The van der Waals surface area contributed by atoms with Crippen LogP contribution in [-0.2, 0) is 28.5 Å². The molecule has 18 atom stereocenters. The Morgan fingerprint density at radius 2 is 1.33 bits per heavy atom. The molecule has 0 radical (unpaired) electrons. The number of aromatic amines is 2. The number of benzene rings is 2. The van der Waals surface area contributed by atoms with E-state index in [4.69, 9.17) is 28.9 Å². The van der Waals surface area contributed by atoms with Crippen LogP contribution in [0.4, 0.5) is 9.59 Å². The molecule has 352 valence electrons. The Labute approximate surface area is 390 Å². The monoisotopic (exact) mass is 911 g/mol. The number of hydrogen-bond donors (Lipinski definition) is 4. The molecule has 2 aromatic heterocycles. The third-order valence-electron chi connectivity index (χ3n) is 16.6. The second-order valence-electron chi connectivity index (χ2n) is 20.9. The molecular formula is C52H61N7O8. The van der Waals surface area contributed by atoms with Crippen molar-refractivity contribution in [3.05, 3.63) is 71.7 Å². The highest BCUT2D eigenvalue weighted by molar-refractivity contribution is 5.92. The summed E-state index contributed by atoms with van der Waals surface area (Å²) in [7, 11) is 2.66. The topological polar surface area (TPSA) is 190 Å². The van der Waals surface area contributed by atoms with Crippen molar-refractivity contribution in [1.82, 2.24) is 35.5 Å². The SMILES string of the molecule is COC(=O)NC(C(=O)C1[C@@H]2[C@H](C)[C@@H]2C[C@H]1c1nc(-c2ccc3cc(C#Cc4c[nH]c([C@@H]5C6C7[C@H]6[C@@H]7N5C(=O)C(NC(=O)OC)[C@H]5C[C@@H](C)O[C@@H](C)C5)n4)ccc3c2)c[nH]1)[C@H]1C[C@@H](C)O[C@@H](C)C1. The van der Waals surface area contributed by atoms with Crippen molar-refractivity contribution in [3.8, 4) is 23.1 Å². The number of nitrogens with one attached hydrogen (secondary N) is 4. The number of piperidine rings is 1. The first-order chi connectivity index (χ1) is 32.3. The third kappa shape index (κ3) is 7.87. The van der Waals surface area contributed by atoms with Crippen molar-refractivity contribution in [2.24, 2.45) is 53.3 Å². The lowest BCUT2D eigenvalue weighted by atomic mass is 9.76. The summed E-state index contributed by atoms with van der Waals surface area (Å²) in [6, 6.07) is 11.1. The Morgan fingerprint density at radius 3 is 2.00 bits per heavy atom. The molecule has 5 unspecified atom stereocenters. The van der Waals surface area contributed by atoms with Crippen LogP contribution < -0.4 is 10.6 Å². The average molecular weight is 912 g/mol. The standard InChI is InChI=1S/C52H61N7O8/c1-23-14-32(15-24(2)66-23)43(57-51(62)64-6)47(60)39-36(20-35-27(5)38(35)39)48-54-22-37(56-48)31-12-11-29-18-28(8-10-30(29)19-31)9-13-34-21-53-49(55-34)46-42-40-41(42)45(40)59(46)50(61)44(58-52(63)65-7)33-16-25(3)67-26(4)17-33/h8,10-12,18-19,21-27,32-33,35-36,38-46H,14-17,20H2,1-7H3,(H,53,55)(H,54,56)(H,57,62)(H,58,63)/t23-,24+,25-,26+,27-,32+,33+,35+,36-,38-,39?,40-,41?,42?,43?,44?,45+,46+/m1/s1. The Bertz CT molecular complexity index is 2660. The van der Waals surface area contributed by atoms with Crippen LogP contribution in [0.3, 0.4) is 0 Å². The van der Waals surface area contributed by atoms with Crippen LogP contribution in [0.5, 0.6) is 0 Å². The second kappa shape index (κ2) is 16.8. The van der Waals surface area contributed by atoms with Gasteiger partial charge in [0.1, 0.15) is 23.4 Å². The number of aromatic nitrogens is 4. The summed E-state index contributed by atoms with van der Waals surface area (Å²) >= 11 is 0. The number of carbonyl (C=O) groups excluding carboxylic acids is 4. The minimum Gasteiger partial charge on any atom is -0.453 e. The van der Waals surface area contributed by atoms with E-state index in [-0.39, 0.29) is 77.8 Å². The van der Waals surface area contributed by atoms with Crippen LogP contribution >= 0.6 is 0 Å². The van der Waals surface area contributed by atoms with Crippen molar-refractivity contribution >= 4 is 34.6 Å². The Hall–Kier alpha value is -5.72. The number of Topliss-reactive ketones (excluding diaryl/α,β-unsaturated/α-hetero) is 1. The smallest absolute Gasteiger partial charge is 0.407 e. The predicted molar refractivity (Wildman–Crippen MR) is 246 cm³/mol. The number of ketones is 1. The molecule has 4 aromatic rings. The van der Waals surface area contributed by atoms with Crippen LogP contribution in [-0.4, -0.2) is 105 Å². The maximum atomic E-state index is 14.7. The van der Waals surface area contributed by atoms with Crippen molar-refractivity contribution in [2.45, 2.75) is 121 Å². The van der Waals surface area contributed by atoms with Gasteiger partial charge in [-0.05, 0) is 142 Å². The molecule has 4 saturated carbocycles. The number of H-pyrrole nitrogens is 2. The second-order valence-corrected chi connectivity index (χ2v) is 20.9. The summed E-state index contributed by atoms with van der Waals surface area (Å²) in [4.78, 5) is 73.0. The van der Waals surface area contributed by atoms with Crippen molar-refractivity contribution in [2.75, 3.05) is 14.2 Å². The van der Waals surface area contributed by atoms with E-state index in [0.29, 0.717) is 61.0 Å². The minimum absolute atomic E-state index is 0.00327. The Kier molecular flexibility index (Phi) is 11.0. The summed E-state index contributed by atoms with van der Waals surface area (Å²) in [5.41, 5.74) is 3.23. The lowest BCUT2D eigenvalue weighted by Gasteiger charge is -2.38. The van der Waals surface area contributed by atoms with Gasteiger partial charge in [-0.3, -0.25) is 9.59 Å². The number of nitrogens with zero attached hydrogens (tertiary/aromatic N) is 3. The maximum absolute atomic E-state index is 14.7. The molecule has 8 aliphatic rings. The van der Waals surface area contributed by atoms with E-state index in [0.717, 1.165) is 45.7 Å². The molecule has 15 heteroatoms. The molecule has 4 N–H and O–H groups in total. The molecule has 15 nitrogen and oxygen atoms in total. The minimum atomic E-state index is -0.706. The fourth-order valence-corrected chi connectivity index (χ4v) is 13.6. The van der Waals surface area contributed by atoms with E-state index in [1.54, 1.807) is 0 Å². The first-order valence-corrected chi connectivity index (χ1v) is 24.3. The predicted octanol–water partition coefficient (Wildman–Crippen LogP) is 6.89. The van der Waals surface area contributed by atoms with Crippen LogP contribution in [0, 0.1) is 65.1 Å². The molecule has 4 aliphatic carbocycles. The zero-order chi connectivity index (χ0) is 46.6. The maximum Gasteiger partial charge on any atom is 0.407 e.